The Hall–Kier alpha value is -0.890. The second-order valence-electron chi connectivity index (χ2n) is 6.08. The zero-order chi connectivity index (χ0) is 13.5. The molecule has 0 unspecified atom stereocenters. The predicted octanol–water partition coefficient (Wildman–Crippen LogP) is 3.67. The minimum absolute atomic E-state index is 0.0798. The minimum Gasteiger partial charge on any atom is -0.373 e. The smallest absolute Gasteiger partial charge is 0.187 e. The SMILES string of the molecule is CO[C@H]1C(=O)C(C)=C2CCC(C)=CC[C@]2(C)[C@H]1C. The number of ether oxygens (including phenoxy) is 1. The van der Waals surface area contributed by atoms with Gasteiger partial charge >= 0.3 is 0 Å². The van der Waals surface area contributed by atoms with E-state index < -0.39 is 0 Å². The van der Waals surface area contributed by atoms with Gasteiger partial charge in [-0.15, -0.1) is 0 Å². The third-order valence-electron chi connectivity index (χ3n) is 5.13. The van der Waals surface area contributed by atoms with Crippen molar-refractivity contribution >= 4 is 5.78 Å². The lowest BCUT2D eigenvalue weighted by atomic mass is 9.61. The Morgan fingerprint density at radius 3 is 2.61 bits per heavy atom. The molecule has 2 nitrogen and oxygen atoms in total. The van der Waals surface area contributed by atoms with Crippen LogP contribution in [0.5, 0.6) is 0 Å². The summed E-state index contributed by atoms with van der Waals surface area (Å²) in [7, 11) is 1.65. The first-order valence-corrected chi connectivity index (χ1v) is 6.84. The molecule has 2 heteroatoms. The number of hydrogen-bond acceptors (Lipinski definition) is 2. The van der Waals surface area contributed by atoms with Gasteiger partial charge < -0.3 is 4.74 Å². The molecule has 2 rings (SSSR count). The minimum atomic E-state index is -0.273. The molecule has 0 bridgehead atoms. The fourth-order valence-corrected chi connectivity index (χ4v) is 3.53. The first-order chi connectivity index (χ1) is 8.41. The Morgan fingerprint density at radius 2 is 2.00 bits per heavy atom. The second kappa shape index (κ2) is 4.65. The van der Waals surface area contributed by atoms with E-state index in [9.17, 15) is 4.79 Å². The molecule has 0 aromatic heterocycles. The number of carbonyl (C=O) groups is 1. The maximum Gasteiger partial charge on any atom is 0.187 e. The lowest BCUT2D eigenvalue weighted by Gasteiger charge is -2.44. The predicted molar refractivity (Wildman–Crippen MR) is 73.4 cm³/mol. The first kappa shape index (κ1) is 13.5. The highest BCUT2D eigenvalue weighted by Crippen LogP contribution is 2.50. The van der Waals surface area contributed by atoms with Crippen LogP contribution in [0.25, 0.3) is 0 Å². The maximum absolute atomic E-state index is 12.4. The molecule has 0 aliphatic heterocycles. The van der Waals surface area contributed by atoms with Gasteiger partial charge in [0, 0.05) is 7.11 Å². The van der Waals surface area contributed by atoms with Crippen molar-refractivity contribution in [3.63, 3.8) is 0 Å². The fourth-order valence-electron chi connectivity index (χ4n) is 3.53. The van der Waals surface area contributed by atoms with Gasteiger partial charge in [-0.3, -0.25) is 4.79 Å². The van der Waals surface area contributed by atoms with E-state index in [0.29, 0.717) is 0 Å². The largest absolute Gasteiger partial charge is 0.373 e. The average Bonchev–Trinajstić information content (AvgIpc) is 2.49. The van der Waals surface area contributed by atoms with Gasteiger partial charge in [-0.05, 0) is 50.0 Å². The van der Waals surface area contributed by atoms with Gasteiger partial charge in [-0.25, -0.2) is 0 Å². The molecule has 2 aliphatic rings. The molecule has 0 amide bonds. The van der Waals surface area contributed by atoms with Gasteiger partial charge in [-0.2, -0.15) is 0 Å². The quantitative estimate of drug-likeness (QED) is 0.662. The number of Topliss-reactive ketones (excluding diaryl/α,β-unsaturated/α-hetero) is 1. The molecule has 0 radical (unpaired) electrons. The first-order valence-electron chi connectivity index (χ1n) is 6.84. The van der Waals surface area contributed by atoms with E-state index in [1.54, 1.807) is 7.11 Å². The van der Waals surface area contributed by atoms with Gasteiger partial charge in [-0.1, -0.05) is 31.1 Å². The number of fused-ring (bicyclic) bond motifs is 1. The summed E-state index contributed by atoms with van der Waals surface area (Å²) in [5.74, 6) is 0.438. The van der Waals surface area contributed by atoms with Gasteiger partial charge in [0.05, 0.1) is 0 Å². The Labute approximate surface area is 110 Å². The van der Waals surface area contributed by atoms with Crippen molar-refractivity contribution < 1.29 is 9.53 Å². The normalized spacial score (nSPS) is 37.2. The van der Waals surface area contributed by atoms with Crippen LogP contribution in [0, 0.1) is 11.3 Å². The number of carbonyl (C=O) groups excluding carboxylic acids is 1. The third kappa shape index (κ3) is 1.87. The molecule has 0 saturated heterocycles. The number of allylic oxidation sites excluding steroid dienone is 3. The van der Waals surface area contributed by atoms with E-state index in [0.717, 1.165) is 24.8 Å². The van der Waals surface area contributed by atoms with Crippen LogP contribution in [-0.4, -0.2) is 19.0 Å². The second-order valence-corrected chi connectivity index (χ2v) is 6.08. The van der Waals surface area contributed by atoms with Crippen molar-refractivity contribution in [1.82, 2.24) is 0 Å². The molecule has 0 heterocycles. The molecule has 2 aliphatic carbocycles. The van der Waals surface area contributed by atoms with Crippen molar-refractivity contribution in [3.8, 4) is 0 Å². The van der Waals surface area contributed by atoms with E-state index in [1.165, 1.54) is 11.1 Å². The Kier molecular flexibility index (Phi) is 3.50. The summed E-state index contributed by atoms with van der Waals surface area (Å²) in [4.78, 5) is 12.4. The molecule has 3 atom stereocenters. The Morgan fingerprint density at radius 1 is 1.33 bits per heavy atom. The molecule has 0 fully saturated rings. The van der Waals surface area contributed by atoms with Crippen LogP contribution < -0.4 is 0 Å². The summed E-state index contributed by atoms with van der Waals surface area (Å²) in [6, 6.07) is 0. The van der Waals surface area contributed by atoms with E-state index >= 15 is 0 Å². The van der Waals surface area contributed by atoms with E-state index in [1.807, 2.05) is 6.92 Å². The van der Waals surface area contributed by atoms with Crippen LogP contribution in [-0.2, 0) is 9.53 Å². The molecule has 18 heavy (non-hydrogen) atoms. The van der Waals surface area contributed by atoms with Crippen LogP contribution in [0.4, 0.5) is 0 Å². The highest BCUT2D eigenvalue weighted by molar-refractivity contribution is 6.00. The van der Waals surface area contributed by atoms with Crippen molar-refractivity contribution in [2.45, 2.75) is 53.1 Å². The van der Waals surface area contributed by atoms with Gasteiger partial charge in [0.25, 0.3) is 0 Å². The number of hydrogen-bond donors (Lipinski definition) is 0. The maximum atomic E-state index is 12.4. The molecule has 0 N–H and O–H groups in total. The molecule has 0 aromatic carbocycles. The fraction of sp³-hybridized carbons (Fsp3) is 0.688. The zero-order valence-corrected chi connectivity index (χ0v) is 12.2. The van der Waals surface area contributed by atoms with Crippen LogP contribution in [0.1, 0.15) is 47.0 Å². The molecular weight excluding hydrogens is 224 g/mol. The van der Waals surface area contributed by atoms with Crippen molar-refractivity contribution in [3.05, 3.63) is 22.8 Å². The Bertz CT molecular complexity index is 430. The highest BCUT2D eigenvalue weighted by atomic mass is 16.5. The molecular formula is C16H24O2. The van der Waals surface area contributed by atoms with Gasteiger partial charge in [0.2, 0.25) is 0 Å². The summed E-state index contributed by atoms with van der Waals surface area (Å²) in [5.41, 5.74) is 3.84. The summed E-state index contributed by atoms with van der Waals surface area (Å²) < 4.78 is 5.46. The number of rotatable bonds is 1. The molecule has 0 saturated carbocycles. The monoisotopic (exact) mass is 248 g/mol. The van der Waals surface area contributed by atoms with Gasteiger partial charge in [0.15, 0.2) is 5.78 Å². The molecule has 0 spiro atoms. The number of ketones is 1. The summed E-state index contributed by atoms with van der Waals surface area (Å²) >= 11 is 0. The topological polar surface area (TPSA) is 26.3 Å². The van der Waals surface area contributed by atoms with Crippen molar-refractivity contribution in [2.24, 2.45) is 11.3 Å². The van der Waals surface area contributed by atoms with Gasteiger partial charge in [0.1, 0.15) is 6.10 Å². The summed E-state index contributed by atoms with van der Waals surface area (Å²) in [6.07, 6.45) is 5.21. The van der Waals surface area contributed by atoms with E-state index in [2.05, 4.69) is 26.8 Å². The van der Waals surface area contributed by atoms with Crippen LogP contribution in [0.15, 0.2) is 22.8 Å². The Balaban J connectivity index is 2.52. The standard InChI is InChI=1S/C16H24O2/c1-10-6-7-13-11(2)14(17)15(18-5)12(3)16(13,4)9-8-10/h8,12,15H,6-7,9H2,1-5H3/t12-,15+,16+/m0/s1. The lowest BCUT2D eigenvalue weighted by Crippen LogP contribution is -2.46. The summed E-state index contributed by atoms with van der Waals surface area (Å²) in [6.45, 7) is 8.63. The van der Waals surface area contributed by atoms with Crippen molar-refractivity contribution in [1.29, 1.82) is 0 Å². The van der Waals surface area contributed by atoms with Crippen molar-refractivity contribution in [2.75, 3.05) is 7.11 Å². The number of methoxy groups -OCH3 is 1. The molecule has 0 aromatic rings. The van der Waals surface area contributed by atoms with E-state index in [4.69, 9.17) is 4.74 Å². The van der Waals surface area contributed by atoms with E-state index in [-0.39, 0.29) is 23.2 Å². The average molecular weight is 248 g/mol. The highest BCUT2D eigenvalue weighted by Gasteiger charge is 2.47. The van der Waals surface area contributed by atoms with Crippen LogP contribution in [0.3, 0.4) is 0 Å². The lowest BCUT2D eigenvalue weighted by molar-refractivity contribution is -0.132. The zero-order valence-electron chi connectivity index (χ0n) is 12.2. The third-order valence-corrected chi connectivity index (χ3v) is 5.13. The van der Waals surface area contributed by atoms with Crippen LogP contribution >= 0.6 is 0 Å². The molecule has 100 valence electrons. The summed E-state index contributed by atoms with van der Waals surface area (Å²) in [5, 5.41) is 0. The van der Waals surface area contributed by atoms with Crippen LogP contribution in [0.2, 0.25) is 0 Å².